The third-order valence-electron chi connectivity index (χ3n) is 2.86. The highest BCUT2D eigenvalue weighted by Crippen LogP contribution is 2.21. The first kappa shape index (κ1) is 13.4. The zero-order valence-corrected chi connectivity index (χ0v) is 11.5. The van der Waals surface area contributed by atoms with E-state index in [1.165, 1.54) is 6.20 Å². The highest BCUT2D eigenvalue weighted by molar-refractivity contribution is 6.33. The van der Waals surface area contributed by atoms with E-state index in [0.717, 1.165) is 25.9 Å². The largest absolute Gasteiger partial charge is 0.357 e. The fraction of sp³-hybridized carbons (Fsp3) is 0.545. The molecule has 1 aliphatic rings. The van der Waals surface area contributed by atoms with Gasteiger partial charge in [0.1, 0.15) is 11.1 Å². The smallest absolute Gasteiger partial charge is 0.244 e. The third kappa shape index (κ3) is 3.03. The van der Waals surface area contributed by atoms with Gasteiger partial charge in [0.05, 0.1) is 6.20 Å². The molecule has 0 aliphatic carbocycles. The minimum atomic E-state index is -0.383. The van der Waals surface area contributed by atoms with Crippen molar-refractivity contribution in [2.24, 2.45) is 0 Å². The number of likely N-dealkylation sites (tertiary alicyclic amines) is 1. The lowest BCUT2D eigenvalue weighted by Crippen LogP contribution is -2.39. The number of nitrogens with zero attached hydrogens (tertiary/aromatic N) is 3. The molecule has 1 fully saturated rings. The van der Waals surface area contributed by atoms with Crippen LogP contribution in [-0.4, -0.2) is 39.9 Å². The maximum absolute atomic E-state index is 12.1. The van der Waals surface area contributed by atoms with Gasteiger partial charge in [-0.3, -0.25) is 4.79 Å². The second-order valence-corrected chi connectivity index (χ2v) is 4.98. The Labute approximate surface area is 115 Å². The van der Waals surface area contributed by atoms with Crippen LogP contribution in [-0.2, 0) is 4.79 Å². The molecule has 1 aliphatic heterocycles. The van der Waals surface area contributed by atoms with E-state index < -0.39 is 0 Å². The molecule has 0 aromatic carbocycles. The second kappa shape index (κ2) is 5.71. The number of hydrogen-bond donors (Lipinski definition) is 1. The molecule has 0 spiro atoms. The van der Waals surface area contributed by atoms with E-state index in [0.29, 0.717) is 10.8 Å². The summed E-state index contributed by atoms with van der Waals surface area (Å²) in [5.41, 5.74) is 0. The van der Waals surface area contributed by atoms with Gasteiger partial charge in [-0.25, -0.2) is 4.98 Å². The molecular formula is C11H14Cl2N4O. The Morgan fingerprint density at radius 3 is 2.78 bits per heavy atom. The molecule has 5 nitrogen and oxygen atoms in total. The van der Waals surface area contributed by atoms with E-state index in [2.05, 4.69) is 15.3 Å². The van der Waals surface area contributed by atoms with Crippen LogP contribution in [0.3, 0.4) is 0 Å². The number of halogens is 2. The third-order valence-corrected chi connectivity index (χ3v) is 3.31. The number of carbonyl (C=O) groups is 1. The first-order valence-corrected chi connectivity index (χ1v) is 6.57. The van der Waals surface area contributed by atoms with Crippen LogP contribution in [0.15, 0.2) is 6.20 Å². The molecule has 0 bridgehead atoms. The van der Waals surface area contributed by atoms with Gasteiger partial charge in [0.2, 0.25) is 11.2 Å². The molecule has 2 rings (SSSR count). The predicted octanol–water partition coefficient (Wildman–Crippen LogP) is 2.21. The first-order valence-electron chi connectivity index (χ1n) is 5.81. The van der Waals surface area contributed by atoms with Crippen molar-refractivity contribution in [3.8, 4) is 0 Å². The van der Waals surface area contributed by atoms with Crippen LogP contribution >= 0.6 is 23.2 Å². The van der Waals surface area contributed by atoms with Crippen LogP contribution in [0.1, 0.15) is 19.8 Å². The normalized spacial score (nSPS) is 16.7. The zero-order chi connectivity index (χ0) is 13.1. The number of aromatic nitrogens is 2. The van der Waals surface area contributed by atoms with Crippen molar-refractivity contribution >= 4 is 34.9 Å². The summed E-state index contributed by atoms with van der Waals surface area (Å²) in [4.78, 5) is 21.6. The van der Waals surface area contributed by atoms with Crippen LogP contribution < -0.4 is 5.32 Å². The minimum Gasteiger partial charge on any atom is -0.357 e. The van der Waals surface area contributed by atoms with Gasteiger partial charge in [-0.15, -0.1) is 0 Å². The quantitative estimate of drug-likeness (QED) is 0.867. The highest BCUT2D eigenvalue weighted by atomic mass is 35.5. The Bertz CT molecular complexity index is 449. The Morgan fingerprint density at radius 2 is 2.11 bits per heavy atom. The zero-order valence-electron chi connectivity index (χ0n) is 9.99. The lowest BCUT2D eigenvalue weighted by Gasteiger charge is -2.21. The lowest BCUT2D eigenvalue weighted by molar-refractivity contribution is -0.130. The molecule has 0 radical (unpaired) electrons. The summed E-state index contributed by atoms with van der Waals surface area (Å²) in [5, 5.41) is 3.42. The number of anilines is 1. The van der Waals surface area contributed by atoms with Crippen LogP contribution in [0, 0.1) is 0 Å². The van der Waals surface area contributed by atoms with Crippen LogP contribution in [0.25, 0.3) is 0 Å². The molecule has 7 heteroatoms. The Morgan fingerprint density at radius 1 is 1.44 bits per heavy atom. The number of rotatable bonds is 3. The first-order chi connectivity index (χ1) is 8.58. The maximum Gasteiger partial charge on any atom is 0.244 e. The average molecular weight is 289 g/mol. The van der Waals surface area contributed by atoms with Gasteiger partial charge in [-0.1, -0.05) is 11.6 Å². The molecule has 0 saturated carbocycles. The molecular weight excluding hydrogens is 275 g/mol. The second-order valence-electron chi connectivity index (χ2n) is 4.23. The fourth-order valence-corrected chi connectivity index (χ4v) is 2.20. The topological polar surface area (TPSA) is 58.1 Å². The number of amides is 1. The average Bonchev–Trinajstić information content (AvgIpc) is 2.86. The minimum absolute atomic E-state index is 0.0540. The standard InChI is InChI=1S/C11H14Cl2N4O/c1-7(10(18)17-4-2-3-5-17)15-9-8(12)6-14-11(13)16-9/h6-7H,2-5H2,1H3,(H,14,15,16). The Hall–Kier alpha value is -1.07. The van der Waals surface area contributed by atoms with Gasteiger partial charge < -0.3 is 10.2 Å². The summed E-state index contributed by atoms with van der Waals surface area (Å²) in [7, 11) is 0. The summed E-state index contributed by atoms with van der Waals surface area (Å²) in [5.74, 6) is 0.440. The van der Waals surface area contributed by atoms with Gasteiger partial charge in [0.15, 0.2) is 5.82 Å². The SMILES string of the molecule is CC(Nc1nc(Cl)ncc1Cl)C(=O)N1CCCC1. The molecule has 2 heterocycles. The van der Waals surface area contributed by atoms with Crippen molar-refractivity contribution in [3.05, 3.63) is 16.5 Å². The molecule has 98 valence electrons. The molecule has 1 amide bonds. The summed E-state index contributed by atoms with van der Waals surface area (Å²) in [6.07, 6.45) is 3.55. The predicted molar refractivity (Wildman–Crippen MR) is 71.0 cm³/mol. The van der Waals surface area contributed by atoms with Crippen molar-refractivity contribution in [1.29, 1.82) is 0 Å². The summed E-state index contributed by atoms with van der Waals surface area (Å²) in [6, 6.07) is -0.383. The number of nitrogens with one attached hydrogen (secondary N) is 1. The van der Waals surface area contributed by atoms with Crippen molar-refractivity contribution in [2.45, 2.75) is 25.8 Å². The molecule has 1 N–H and O–H groups in total. The number of carbonyl (C=O) groups excluding carboxylic acids is 1. The van der Waals surface area contributed by atoms with Gasteiger partial charge in [-0.2, -0.15) is 4.98 Å². The van der Waals surface area contributed by atoms with Crippen molar-refractivity contribution in [1.82, 2.24) is 14.9 Å². The van der Waals surface area contributed by atoms with E-state index in [-0.39, 0.29) is 17.2 Å². The lowest BCUT2D eigenvalue weighted by atomic mass is 10.3. The van der Waals surface area contributed by atoms with Gasteiger partial charge >= 0.3 is 0 Å². The Balaban J connectivity index is 2.03. The van der Waals surface area contributed by atoms with Gasteiger partial charge in [0.25, 0.3) is 0 Å². The van der Waals surface area contributed by atoms with E-state index in [4.69, 9.17) is 23.2 Å². The molecule has 18 heavy (non-hydrogen) atoms. The van der Waals surface area contributed by atoms with Crippen molar-refractivity contribution < 1.29 is 4.79 Å². The van der Waals surface area contributed by atoms with Gasteiger partial charge in [-0.05, 0) is 31.4 Å². The summed E-state index contributed by atoms with van der Waals surface area (Å²) < 4.78 is 0. The summed E-state index contributed by atoms with van der Waals surface area (Å²) in [6.45, 7) is 3.43. The fourth-order valence-electron chi connectivity index (χ4n) is 1.93. The van der Waals surface area contributed by atoms with E-state index in [9.17, 15) is 4.79 Å². The van der Waals surface area contributed by atoms with Crippen LogP contribution in [0.2, 0.25) is 10.3 Å². The maximum atomic E-state index is 12.1. The van der Waals surface area contributed by atoms with Crippen LogP contribution in [0.5, 0.6) is 0 Å². The van der Waals surface area contributed by atoms with E-state index in [1.807, 2.05) is 4.90 Å². The molecule has 1 unspecified atom stereocenters. The van der Waals surface area contributed by atoms with E-state index in [1.54, 1.807) is 6.92 Å². The highest BCUT2D eigenvalue weighted by Gasteiger charge is 2.23. The summed E-state index contributed by atoms with van der Waals surface area (Å²) >= 11 is 11.6. The monoisotopic (exact) mass is 288 g/mol. The Kier molecular flexibility index (Phi) is 4.24. The van der Waals surface area contributed by atoms with Crippen LogP contribution in [0.4, 0.5) is 5.82 Å². The van der Waals surface area contributed by atoms with Crippen molar-refractivity contribution in [3.63, 3.8) is 0 Å². The molecule has 1 atom stereocenters. The van der Waals surface area contributed by atoms with E-state index >= 15 is 0 Å². The molecule has 1 aromatic rings. The van der Waals surface area contributed by atoms with Gasteiger partial charge in [0, 0.05) is 13.1 Å². The van der Waals surface area contributed by atoms with Crippen molar-refractivity contribution in [2.75, 3.05) is 18.4 Å². The molecule has 1 saturated heterocycles. The molecule has 1 aromatic heterocycles. The number of hydrogen-bond acceptors (Lipinski definition) is 4.